The van der Waals surface area contributed by atoms with Crippen molar-refractivity contribution >= 4 is 6.09 Å². The summed E-state index contributed by atoms with van der Waals surface area (Å²) in [4.78, 5) is 8.78. The maximum Gasteiger partial charge on any atom is 0.402 e. The zero-order valence-corrected chi connectivity index (χ0v) is 4.66. The number of hydrogen-bond donors (Lipinski definition) is 2. The molecule has 0 heterocycles. The summed E-state index contributed by atoms with van der Waals surface area (Å²) in [6, 6.07) is 0. The molecule has 0 unspecified atom stereocenters. The number of primary amides is 1. The average Bonchev–Trinajstić information content (AvgIpc) is 0.811. The Morgan fingerprint density at radius 1 is 1.80 bits per heavy atom. The number of carbonyl (C=O) groups is 1. The van der Waals surface area contributed by atoms with Crippen LogP contribution in [0.2, 0.25) is 0 Å². The summed E-state index contributed by atoms with van der Waals surface area (Å²) in [5, 5.41) is 7.19. The molecule has 0 aromatic rings. The van der Waals surface area contributed by atoms with Crippen molar-refractivity contribution in [3.63, 3.8) is 0 Å². The zero-order chi connectivity index (χ0) is 3.58. The van der Waals surface area contributed by atoms with E-state index in [0.717, 1.165) is 0 Å². The van der Waals surface area contributed by atoms with E-state index in [4.69, 9.17) is 9.90 Å². The van der Waals surface area contributed by atoms with Gasteiger partial charge in [0, 0.05) is 20.1 Å². The van der Waals surface area contributed by atoms with Crippen LogP contribution in [0, 0.1) is 0 Å². The molecule has 5 heavy (non-hydrogen) atoms. The first kappa shape index (κ1) is 8.87. The van der Waals surface area contributed by atoms with Gasteiger partial charge >= 0.3 is 6.09 Å². The molecule has 0 saturated carbocycles. The maximum absolute atomic E-state index is 8.78. The van der Waals surface area contributed by atoms with Gasteiger partial charge in [0.05, 0.1) is 0 Å². The van der Waals surface area contributed by atoms with E-state index in [1.165, 1.54) is 0 Å². The minimum absolute atomic E-state index is 0. The van der Waals surface area contributed by atoms with Crippen molar-refractivity contribution in [2.45, 2.75) is 0 Å². The van der Waals surface area contributed by atoms with Gasteiger partial charge in [-0.2, -0.15) is 0 Å². The van der Waals surface area contributed by atoms with Crippen LogP contribution < -0.4 is 5.73 Å². The summed E-state index contributed by atoms with van der Waals surface area (Å²) in [6.45, 7) is 0. The summed E-state index contributed by atoms with van der Waals surface area (Å²) in [5.74, 6) is 0. The third-order valence-electron chi connectivity index (χ3n) is 0. The van der Waals surface area contributed by atoms with Crippen LogP contribution in [-0.4, -0.2) is 11.2 Å². The smallest absolute Gasteiger partial charge is 0.402 e. The second kappa shape index (κ2) is 3.92. The van der Waals surface area contributed by atoms with Crippen molar-refractivity contribution in [3.8, 4) is 0 Å². The standard InChI is InChI=1S/CH3NO2.Ir/c2-1(3)4;/h2H2,(H,3,4);. The number of carboxylic acid groups (broad SMARTS) is 1. The monoisotopic (exact) mass is 254 g/mol. The first-order chi connectivity index (χ1) is 1.73. The SMILES string of the molecule is NC(=O)O.[Ir]. The van der Waals surface area contributed by atoms with Gasteiger partial charge in [-0.15, -0.1) is 0 Å². The number of nitrogens with two attached hydrogens (primary N) is 1. The Labute approximate surface area is 42.5 Å². The molecule has 1 amide bonds. The van der Waals surface area contributed by atoms with Gasteiger partial charge in [0.25, 0.3) is 0 Å². The van der Waals surface area contributed by atoms with E-state index in [-0.39, 0.29) is 20.1 Å². The van der Waals surface area contributed by atoms with Gasteiger partial charge in [0.2, 0.25) is 0 Å². The van der Waals surface area contributed by atoms with Gasteiger partial charge in [-0.05, 0) is 0 Å². The molecule has 3 nitrogen and oxygen atoms in total. The van der Waals surface area contributed by atoms with Crippen molar-refractivity contribution in [1.29, 1.82) is 0 Å². The van der Waals surface area contributed by atoms with Crippen LogP contribution in [0.3, 0.4) is 0 Å². The average molecular weight is 253 g/mol. The summed E-state index contributed by atoms with van der Waals surface area (Å²) in [6.07, 6.45) is -1.33. The van der Waals surface area contributed by atoms with E-state index in [9.17, 15) is 0 Å². The van der Waals surface area contributed by atoms with Crippen LogP contribution in [0.4, 0.5) is 4.79 Å². The molecule has 0 fully saturated rings. The summed E-state index contributed by atoms with van der Waals surface area (Å²) in [7, 11) is 0. The molecule has 3 N–H and O–H groups in total. The van der Waals surface area contributed by atoms with Crippen LogP contribution in [0.15, 0.2) is 0 Å². The van der Waals surface area contributed by atoms with E-state index in [0.29, 0.717) is 0 Å². The molecular weight excluding hydrogens is 250 g/mol. The van der Waals surface area contributed by atoms with E-state index in [1.807, 2.05) is 0 Å². The van der Waals surface area contributed by atoms with Gasteiger partial charge in [-0.1, -0.05) is 0 Å². The Balaban J connectivity index is 0. The Bertz CT molecular complexity index is 32.6. The van der Waals surface area contributed by atoms with Crippen LogP contribution >= 0.6 is 0 Å². The molecule has 0 aromatic heterocycles. The predicted octanol–water partition coefficient (Wildman–Crippen LogP) is -0.379. The summed E-state index contributed by atoms with van der Waals surface area (Å²) < 4.78 is 0. The van der Waals surface area contributed by atoms with Gasteiger partial charge < -0.3 is 10.8 Å². The van der Waals surface area contributed by atoms with Gasteiger partial charge in [-0.3, -0.25) is 0 Å². The van der Waals surface area contributed by atoms with Crippen LogP contribution in [0.5, 0.6) is 0 Å². The van der Waals surface area contributed by atoms with Gasteiger partial charge in [-0.25, -0.2) is 4.79 Å². The topological polar surface area (TPSA) is 63.3 Å². The van der Waals surface area contributed by atoms with Crippen molar-refractivity contribution in [1.82, 2.24) is 0 Å². The molecule has 0 aliphatic carbocycles. The van der Waals surface area contributed by atoms with Crippen molar-refractivity contribution in [2.75, 3.05) is 0 Å². The fraction of sp³-hybridized carbons (Fsp3) is 0. The zero-order valence-electron chi connectivity index (χ0n) is 2.27. The molecule has 0 spiro atoms. The third kappa shape index (κ3) is 2220. The Morgan fingerprint density at radius 3 is 1.80 bits per heavy atom. The first-order valence-electron chi connectivity index (χ1n) is 0.716. The van der Waals surface area contributed by atoms with E-state index < -0.39 is 6.09 Å². The van der Waals surface area contributed by atoms with Gasteiger partial charge in [0.1, 0.15) is 0 Å². The van der Waals surface area contributed by atoms with Crippen LogP contribution in [0.25, 0.3) is 0 Å². The Morgan fingerprint density at radius 2 is 1.80 bits per heavy atom. The molecule has 0 aromatic carbocycles. The van der Waals surface area contributed by atoms with Crippen molar-refractivity contribution < 1.29 is 30.0 Å². The van der Waals surface area contributed by atoms with Crippen LogP contribution in [0.1, 0.15) is 0 Å². The molecule has 1 radical (unpaired) electrons. The number of rotatable bonds is 0. The molecule has 0 aliphatic heterocycles. The van der Waals surface area contributed by atoms with E-state index >= 15 is 0 Å². The van der Waals surface area contributed by atoms with E-state index in [1.54, 1.807) is 0 Å². The molecule has 33 valence electrons. The van der Waals surface area contributed by atoms with Crippen molar-refractivity contribution in [3.05, 3.63) is 0 Å². The fourth-order valence-corrected chi connectivity index (χ4v) is 0. The van der Waals surface area contributed by atoms with E-state index in [2.05, 4.69) is 5.73 Å². The second-order valence-corrected chi connectivity index (χ2v) is 0.338. The van der Waals surface area contributed by atoms with Gasteiger partial charge in [0.15, 0.2) is 0 Å². The molecule has 0 rings (SSSR count). The molecule has 0 saturated heterocycles. The quantitative estimate of drug-likeness (QED) is 0.618. The van der Waals surface area contributed by atoms with Crippen molar-refractivity contribution in [2.24, 2.45) is 5.73 Å². The minimum atomic E-state index is -1.33. The summed E-state index contributed by atoms with van der Waals surface area (Å²) in [5.41, 5.74) is 4.03. The predicted molar refractivity (Wildman–Crippen MR) is 12.2 cm³/mol. The first-order valence-corrected chi connectivity index (χ1v) is 0.716. The third-order valence-corrected chi connectivity index (χ3v) is 0. The second-order valence-electron chi connectivity index (χ2n) is 0.338. The minimum Gasteiger partial charge on any atom is -0.465 e. The normalized spacial score (nSPS) is 4.80. The fourth-order valence-electron chi connectivity index (χ4n) is 0. The molecule has 4 heteroatoms. The van der Waals surface area contributed by atoms with Crippen LogP contribution in [-0.2, 0) is 20.1 Å². The largest absolute Gasteiger partial charge is 0.465 e. The molecular formula is CH3IrNO2. The Hall–Kier alpha value is -0.0806. The molecule has 0 bridgehead atoms. The molecule has 0 aliphatic rings. The number of hydrogen-bond acceptors (Lipinski definition) is 1. The number of amides is 1. The Kier molecular flexibility index (Phi) is 6.95. The maximum atomic E-state index is 8.78. The summed E-state index contributed by atoms with van der Waals surface area (Å²) >= 11 is 0. The molecule has 0 atom stereocenters.